The van der Waals surface area contributed by atoms with Crippen molar-refractivity contribution in [3.8, 4) is 22.3 Å². The quantitative estimate of drug-likeness (QED) is 0.224. The fourth-order valence-electron chi connectivity index (χ4n) is 4.24. The zero-order chi connectivity index (χ0) is 22.5. The molecule has 5 aromatic rings. The topological polar surface area (TPSA) is 26.0 Å². The Labute approximate surface area is 195 Å². The van der Waals surface area contributed by atoms with E-state index >= 15 is 0 Å². The van der Waals surface area contributed by atoms with Crippen LogP contribution >= 0.6 is 0 Å². The molecule has 0 heterocycles. The van der Waals surface area contributed by atoms with Gasteiger partial charge >= 0.3 is 0 Å². The third-order valence-corrected chi connectivity index (χ3v) is 5.83. The average Bonchev–Trinajstić information content (AvgIpc) is 2.89. The summed E-state index contributed by atoms with van der Waals surface area (Å²) in [6.45, 7) is 0. The van der Waals surface area contributed by atoms with Crippen LogP contribution in [-0.2, 0) is 0 Å². The van der Waals surface area contributed by atoms with Crippen LogP contribution in [0.4, 0.5) is 5.69 Å². The Balaban J connectivity index is 1.81. The molecule has 5 aromatic carbocycles. The minimum Gasteiger partial charge on any atom is -0.399 e. The Bertz CT molecular complexity index is 1370. The summed E-state index contributed by atoms with van der Waals surface area (Å²) in [7, 11) is 0. The van der Waals surface area contributed by atoms with Crippen LogP contribution in [0.25, 0.3) is 33.9 Å². The highest BCUT2D eigenvalue weighted by Gasteiger charge is 2.16. The molecule has 0 amide bonds. The van der Waals surface area contributed by atoms with E-state index in [2.05, 4.69) is 127 Å². The van der Waals surface area contributed by atoms with E-state index < -0.39 is 0 Å². The molecule has 33 heavy (non-hydrogen) atoms. The molecule has 0 radical (unpaired) electrons. The van der Waals surface area contributed by atoms with Crippen molar-refractivity contribution in [1.29, 1.82) is 0 Å². The molecular formula is C32H25N. The standard InChI is InChI=1S/C32H25N/c33-28-21-19-24(20-22-28)23-31(26-13-6-2-7-14-26)30-18-10-17-29(25-11-4-1-5-12-25)32(30)27-15-8-3-9-16-27/h1-23H,33H2. The minimum atomic E-state index is 0.768. The maximum Gasteiger partial charge on any atom is 0.0314 e. The highest BCUT2D eigenvalue weighted by atomic mass is 14.5. The summed E-state index contributed by atoms with van der Waals surface area (Å²) in [6.07, 6.45) is 2.26. The van der Waals surface area contributed by atoms with Crippen LogP contribution in [-0.4, -0.2) is 0 Å². The molecule has 158 valence electrons. The zero-order valence-corrected chi connectivity index (χ0v) is 18.4. The Morgan fingerprint density at radius 3 is 1.73 bits per heavy atom. The highest BCUT2D eigenvalue weighted by molar-refractivity contribution is 6.00. The lowest BCUT2D eigenvalue weighted by atomic mass is 9.85. The summed E-state index contributed by atoms with van der Waals surface area (Å²) in [6, 6.07) is 46.5. The smallest absolute Gasteiger partial charge is 0.0314 e. The van der Waals surface area contributed by atoms with Gasteiger partial charge in [-0.05, 0) is 62.7 Å². The molecule has 0 aliphatic rings. The SMILES string of the molecule is Nc1ccc(C=C(c2ccccc2)c2cccc(-c3ccccc3)c2-c2ccccc2)cc1. The van der Waals surface area contributed by atoms with Crippen LogP contribution in [0.1, 0.15) is 16.7 Å². The van der Waals surface area contributed by atoms with Crippen molar-refractivity contribution in [3.63, 3.8) is 0 Å². The van der Waals surface area contributed by atoms with Crippen LogP contribution in [0.2, 0.25) is 0 Å². The summed E-state index contributed by atoms with van der Waals surface area (Å²) in [4.78, 5) is 0. The van der Waals surface area contributed by atoms with Crippen molar-refractivity contribution < 1.29 is 0 Å². The number of nitrogen functional groups attached to an aromatic ring is 1. The number of hydrogen-bond acceptors (Lipinski definition) is 1. The fourth-order valence-corrected chi connectivity index (χ4v) is 4.24. The van der Waals surface area contributed by atoms with E-state index in [1.807, 2.05) is 12.1 Å². The first-order valence-electron chi connectivity index (χ1n) is 11.2. The van der Waals surface area contributed by atoms with Gasteiger partial charge in [0.2, 0.25) is 0 Å². The monoisotopic (exact) mass is 423 g/mol. The molecule has 0 aromatic heterocycles. The van der Waals surface area contributed by atoms with Crippen molar-refractivity contribution >= 4 is 17.3 Å². The lowest BCUT2D eigenvalue weighted by molar-refractivity contribution is 1.52. The van der Waals surface area contributed by atoms with Gasteiger partial charge in [0.05, 0.1) is 0 Å². The van der Waals surface area contributed by atoms with Crippen molar-refractivity contribution in [2.75, 3.05) is 5.73 Å². The van der Waals surface area contributed by atoms with Crippen molar-refractivity contribution in [2.45, 2.75) is 0 Å². The largest absolute Gasteiger partial charge is 0.399 e. The van der Waals surface area contributed by atoms with Gasteiger partial charge in [-0.2, -0.15) is 0 Å². The normalized spacial score (nSPS) is 11.3. The molecule has 0 aliphatic heterocycles. The van der Waals surface area contributed by atoms with E-state index in [1.54, 1.807) is 0 Å². The lowest BCUT2D eigenvalue weighted by Crippen LogP contribution is -1.96. The second-order valence-electron chi connectivity index (χ2n) is 8.05. The zero-order valence-electron chi connectivity index (χ0n) is 18.4. The van der Waals surface area contributed by atoms with Crippen LogP contribution in [0.3, 0.4) is 0 Å². The van der Waals surface area contributed by atoms with E-state index in [0.717, 1.165) is 11.3 Å². The molecule has 0 saturated heterocycles. The lowest BCUT2D eigenvalue weighted by Gasteiger charge is -2.19. The van der Waals surface area contributed by atoms with Gasteiger partial charge in [0.15, 0.2) is 0 Å². The van der Waals surface area contributed by atoms with Gasteiger partial charge in [-0.3, -0.25) is 0 Å². The van der Waals surface area contributed by atoms with Gasteiger partial charge in [-0.1, -0.05) is 121 Å². The molecule has 1 nitrogen and oxygen atoms in total. The van der Waals surface area contributed by atoms with Crippen LogP contribution in [0, 0.1) is 0 Å². The number of rotatable bonds is 5. The molecule has 0 bridgehead atoms. The summed E-state index contributed by atoms with van der Waals surface area (Å²) in [5.74, 6) is 0. The van der Waals surface area contributed by atoms with Crippen LogP contribution in [0.5, 0.6) is 0 Å². The van der Waals surface area contributed by atoms with Gasteiger partial charge in [0.25, 0.3) is 0 Å². The number of benzene rings is 5. The van der Waals surface area contributed by atoms with Crippen molar-refractivity contribution in [1.82, 2.24) is 0 Å². The Kier molecular flexibility index (Phi) is 5.86. The summed E-state index contributed by atoms with van der Waals surface area (Å²) in [5, 5.41) is 0. The van der Waals surface area contributed by atoms with Gasteiger partial charge in [-0.25, -0.2) is 0 Å². The Morgan fingerprint density at radius 1 is 0.515 bits per heavy atom. The molecule has 0 fully saturated rings. The first-order valence-corrected chi connectivity index (χ1v) is 11.2. The second kappa shape index (κ2) is 9.42. The van der Waals surface area contributed by atoms with E-state index in [1.165, 1.54) is 39.0 Å². The third-order valence-electron chi connectivity index (χ3n) is 5.83. The van der Waals surface area contributed by atoms with Gasteiger partial charge in [0, 0.05) is 5.69 Å². The van der Waals surface area contributed by atoms with Crippen LogP contribution in [0.15, 0.2) is 133 Å². The minimum absolute atomic E-state index is 0.768. The third kappa shape index (κ3) is 4.49. The number of nitrogens with two attached hydrogens (primary N) is 1. The number of hydrogen-bond donors (Lipinski definition) is 1. The van der Waals surface area contributed by atoms with E-state index in [-0.39, 0.29) is 0 Å². The predicted molar refractivity (Wildman–Crippen MR) is 142 cm³/mol. The predicted octanol–water partition coefficient (Wildman–Crippen LogP) is 8.19. The molecule has 0 saturated carbocycles. The summed E-state index contributed by atoms with van der Waals surface area (Å²) < 4.78 is 0. The van der Waals surface area contributed by atoms with Crippen molar-refractivity contribution in [3.05, 3.63) is 150 Å². The van der Waals surface area contributed by atoms with E-state index in [0.29, 0.717) is 0 Å². The maximum atomic E-state index is 5.94. The van der Waals surface area contributed by atoms with E-state index in [4.69, 9.17) is 5.73 Å². The van der Waals surface area contributed by atoms with Gasteiger partial charge in [0.1, 0.15) is 0 Å². The molecule has 2 N–H and O–H groups in total. The first-order chi connectivity index (χ1) is 16.3. The molecule has 0 unspecified atom stereocenters. The fraction of sp³-hybridized carbons (Fsp3) is 0. The number of anilines is 1. The second-order valence-corrected chi connectivity index (χ2v) is 8.05. The molecule has 0 aliphatic carbocycles. The van der Waals surface area contributed by atoms with Crippen LogP contribution < -0.4 is 5.73 Å². The summed E-state index contributed by atoms with van der Waals surface area (Å²) in [5.41, 5.74) is 16.2. The van der Waals surface area contributed by atoms with E-state index in [9.17, 15) is 0 Å². The molecule has 1 heteroatoms. The van der Waals surface area contributed by atoms with Crippen molar-refractivity contribution in [2.24, 2.45) is 0 Å². The average molecular weight is 424 g/mol. The Morgan fingerprint density at radius 2 is 1.09 bits per heavy atom. The first kappa shape index (κ1) is 20.5. The molecule has 0 spiro atoms. The molecule has 5 rings (SSSR count). The maximum absolute atomic E-state index is 5.94. The Hall–Kier alpha value is -4.36. The van der Waals surface area contributed by atoms with Gasteiger partial charge in [-0.15, -0.1) is 0 Å². The molecule has 0 atom stereocenters. The van der Waals surface area contributed by atoms with Gasteiger partial charge < -0.3 is 5.73 Å². The molecular weight excluding hydrogens is 398 g/mol. The summed E-state index contributed by atoms with van der Waals surface area (Å²) >= 11 is 0. The highest BCUT2D eigenvalue weighted by Crippen LogP contribution is 2.40.